The van der Waals surface area contributed by atoms with E-state index >= 15 is 0 Å². The van der Waals surface area contributed by atoms with Gasteiger partial charge in [0.05, 0.1) is 19.8 Å². The van der Waals surface area contributed by atoms with Crippen molar-refractivity contribution in [3.05, 3.63) is 36.5 Å². The molecule has 0 aliphatic carbocycles. The molecule has 0 aliphatic heterocycles. The van der Waals surface area contributed by atoms with Crippen LogP contribution in [0.15, 0.2) is 36.5 Å². The Kier molecular flexibility index (Phi) is 49.3. The number of phosphoric acid groups is 1. The number of hydrogen-bond donors (Lipinski definition) is 2. The SMILES string of the molecule is CCC/C=C\C/C=C\CCCCCCCC(=O)OC(COC(=O)CCCCCCCCCCC/C=C\CCCCCCCC)COP(=O)(O)OCC(CO)OC(=O)CCCCCCCCCCC. The van der Waals surface area contributed by atoms with E-state index < -0.39 is 57.8 Å². The van der Waals surface area contributed by atoms with Gasteiger partial charge in [0.1, 0.15) is 12.7 Å². The predicted octanol–water partition coefficient (Wildman–Crippen LogP) is 16.0. The van der Waals surface area contributed by atoms with E-state index in [1.54, 1.807) is 0 Å². The summed E-state index contributed by atoms with van der Waals surface area (Å²) >= 11 is 0. The minimum atomic E-state index is -4.74. The van der Waals surface area contributed by atoms with Crippen LogP contribution in [0.5, 0.6) is 0 Å². The van der Waals surface area contributed by atoms with Crippen LogP contribution in [0.3, 0.4) is 0 Å². The summed E-state index contributed by atoms with van der Waals surface area (Å²) < 4.78 is 39.4. The Morgan fingerprint density at radius 3 is 1.16 bits per heavy atom. The van der Waals surface area contributed by atoms with Gasteiger partial charge in [-0.3, -0.25) is 23.4 Å². The van der Waals surface area contributed by atoms with Gasteiger partial charge < -0.3 is 24.2 Å². The van der Waals surface area contributed by atoms with Crippen molar-refractivity contribution in [1.29, 1.82) is 0 Å². The van der Waals surface area contributed by atoms with E-state index in [-0.39, 0.29) is 25.9 Å². The average molecular weight is 983 g/mol. The number of carbonyl (C=O) groups excluding carboxylic acids is 3. The van der Waals surface area contributed by atoms with Crippen LogP contribution in [0.4, 0.5) is 0 Å². The molecule has 0 radical (unpaired) electrons. The first-order valence-electron chi connectivity index (χ1n) is 27.9. The molecule has 0 rings (SSSR count). The van der Waals surface area contributed by atoms with Crippen molar-refractivity contribution in [2.45, 2.75) is 277 Å². The minimum absolute atomic E-state index is 0.154. The molecule has 0 saturated carbocycles. The highest BCUT2D eigenvalue weighted by atomic mass is 31.2. The molecule has 0 aromatic carbocycles. The Morgan fingerprint density at radius 2 is 0.750 bits per heavy atom. The molecule has 0 amide bonds. The molecule has 0 aromatic rings. The molecular weight excluding hydrogens is 880 g/mol. The zero-order chi connectivity index (χ0) is 49.9. The van der Waals surface area contributed by atoms with Crippen molar-refractivity contribution >= 4 is 25.7 Å². The Hall–Kier alpha value is -2.30. The van der Waals surface area contributed by atoms with E-state index in [0.717, 1.165) is 89.9 Å². The van der Waals surface area contributed by atoms with Crippen LogP contribution in [0.25, 0.3) is 0 Å². The lowest BCUT2D eigenvalue weighted by Gasteiger charge is -2.21. The summed E-state index contributed by atoms with van der Waals surface area (Å²) in [5.74, 6) is -1.47. The summed E-state index contributed by atoms with van der Waals surface area (Å²) in [6, 6.07) is 0. The highest BCUT2D eigenvalue weighted by Crippen LogP contribution is 2.43. The van der Waals surface area contributed by atoms with E-state index in [0.29, 0.717) is 19.3 Å². The molecule has 0 spiro atoms. The van der Waals surface area contributed by atoms with Crippen molar-refractivity contribution in [3.8, 4) is 0 Å². The van der Waals surface area contributed by atoms with Gasteiger partial charge in [0.15, 0.2) is 6.10 Å². The maximum Gasteiger partial charge on any atom is 0.472 e. The molecular formula is C56H103O11P. The van der Waals surface area contributed by atoms with E-state index in [2.05, 4.69) is 57.2 Å². The summed E-state index contributed by atoms with van der Waals surface area (Å²) in [5.41, 5.74) is 0. The highest BCUT2D eigenvalue weighted by Gasteiger charge is 2.28. The Morgan fingerprint density at radius 1 is 0.412 bits per heavy atom. The molecule has 0 aromatic heterocycles. The molecule has 11 nitrogen and oxygen atoms in total. The lowest BCUT2D eigenvalue weighted by atomic mass is 10.1. The van der Waals surface area contributed by atoms with Gasteiger partial charge in [-0.15, -0.1) is 0 Å². The Bertz CT molecular complexity index is 1280. The summed E-state index contributed by atoms with van der Waals surface area (Å²) in [4.78, 5) is 48.3. The number of aliphatic hydroxyl groups is 1. The summed E-state index contributed by atoms with van der Waals surface area (Å²) in [5, 5.41) is 9.75. The normalized spacial score (nSPS) is 13.7. The smallest absolute Gasteiger partial charge is 0.462 e. The second-order valence-corrected chi connectivity index (χ2v) is 20.2. The molecule has 0 fully saturated rings. The first-order valence-corrected chi connectivity index (χ1v) is 29.4. The van der Waals surface area contributed by atoms with E-state index in [4.69, 9.17) is 23.3 Å². The lowest BCUT2D eigenvalue weighted by molar-refractivity contribution is -0.161. The van der Waals surface area contributed by atoms with Crippen LogP contribution < -0.4 is 0 Å². The van der Waals surface area contributed by atoms with Gasteiger partial charge >= 0.3 is 25.7 Å². The number of phosphoric ester groups is 1. The summed E-state index contributed by atoms with van der Waals surface area (Å²) in [6.07, 6.45) is 51.2. The quantitative estimate of drug-likeness (QED) is 0.0197. The van der Waals surface area contributed by atoms with Crippen LogP contribution in [-0.4, -0.2) is 66.5 Å². The molecule has 398 valence electrons. The number of aliphatic hydroxyl groups excluding tert-OH is 1. The van der Waals surface area contributed by atoms with E-state index in [1.165, 1.54) is 116 Å². The monoisotopic (exact) mass is 983 g/mol. The molecule has 68 heavy (non-hydrogen) atoms. The number of unbranched alkanes of at least 4 members (excludes halogenated alkanes) is 29. The van der Waals surface area contributed by atoms with Crippen LogP contribution in [0.2, 0.25) is 0 Å². The number of hydrogen-bond acceptors (Lipinski definition) is 10. The zero-order valence-corrected chi connectivity index (χ0v) is 44.7. The molecule has 0 aliphatic rings. The van der Waals surface area contributed by atoms with Crippen LogP contribution in [0, 0.1) is 0 Å². The van der Waals surface area contributed by atoms with Gasteiger partial charge in [-0.1, -0.05) is 211 Å². The lowest BCUT2D eigenvalue weighted by Crippen LogP contribution is -2.30. The first-order chi connectivity index (χ1) is 33.2. The van der Waals surface area contributed by atoms with Gasteiger partial charge in [0.25, 0.3) is 0 Å². The van der Waals surface area contributed by atoms with Crippen LogP contribution >= 0.6 is 7.82 Å². The standard InChI is InChI=1S/C56H103O11P/c1-4-7-10-13-16-19-21-23-24-25-26-27-28-30-31-34-36-39-42-45-54(58)63-49-53(67-56(60)47-44-41-38-35-32-29-22-20-17-14-11-8-5-2)51-65-68(61,62)64-50-52(48-57)66-55(59)46-43-40-37-33-18-15-12-9-6-3/h11,14,20,22-24,52-53,57H,4-10,12-13,15-19,21,25-51H2,1-3H3,(H,61,62)/b14-11-,22-20-,24-23-. The maximum atomic E-state index is 12.8. The summed E-state index contributed by atoms with van der Waals surface area (Å²) in [7, 11) is -4.74. The van der Waals surface area contributed by atoms with Gasteiger partial charge in [-0.25, -0.2) is 4.57 Å². The molecule has 0 heterocycles. The van der Waals surface area contributed by atoms with Crippen molar-refractivity contribution in [2.24, 2.45) is 0 Å². The topological polar surface area (TPSA) is 155 Å². The Labute approximate surface area is 416 Å². The number of carbonyl (C=O) groups is 3. The molecule has 0 bridgehead atoms. The number of ether oxygens (including phenoxy) is 3. The fourth-order valence-corrected chi connectivity index (χ4v) is 8.53. The minimum Gasteiger partial charge on any atom is -0.462 e. The van der Waals surface area contributed by atoms with Crippen LogP contribution in [-0.2, 0) is 42.2 Å². The average Bonchev–Trinajstić information content (AvgIpc) is 3.32. The second-order valence-electron chi connectivity index (χ2n) is 18.7. The molecule has 3 atom stereocenters. The van der Waals surface area contributed by atoms with Gasteiger partial charge in [-0.05, 0) is 70.6 Å². The molecule has 12 heteroatoms. The van der Waals surface area contributed by atoms with Crippen molar-refractivity contribution in [2.75, 3.05) is 26.4 Å². The zero-order valence-electron chi connectivity index (χ0n) is 43.8. The predicted molar refractivity (Wildman–Crippen MR) is 279 cm³/mol. The molecule has 0 saturated heterocycles. The highest BCUT2D eigenvalue weighted by molar-refractivity contribution is 7.47. The third-order valence-corrected chi connectivity index (χ3v) is 13.0. The third kappa shape index (κ3) is 48.7. The Balaban J connectivity index is 4.67. The summed E-state index contributed by atoms with van der Waals surface area (Å²) in [6.45, 7) is 4.55. The largest absolute Gasteiger partial charge is 0.472 e. The molecule has 3 unspecified atom stereocenters. The van der Waals surface area contributed by atoms with Crippen molar-refractivity contribution < 1.29 is 52.2 Å². The first kappa shape index (κ1) is 65.7. The number of allylic oxidation sites excluding steroid dienone is 6. The number of esters is 3. The van der Waals surface area contributed by atoms with Crippen molar-refractivity contribution in [1.82, 2.24) is 0 Å². The fraction of sp³-hybridized carbons (Fsp3) is 0.839. The number of rotatable bonds is 52. The second kappa shape index (κ2) is 51.1. The third-order valence-electron chi connectivity index (χ3n) is 12.0. The van der Waals surface area contributed by atoms with Gasteiger partial charge in [-0.2, -0.15) is 0 Å². The molecule has 2 N–H and O–H groups in total. The van der Waals surface area contributed by atoms with E-state index in [9.17, 15) is 28.9 Å². The van der Waals surface area contributed by atoms with E-state index in [1.807, 2.05) is 0 Å². The van der Waals surface area contributed by atoms with Gasteiger partial charge in [0, 0.05) is 19.3 Å². The van der Waals surface area contributed by atoms with Crippen molar-refractivity contribution in [3.63, 3.8) is 0 Å². The van der Waals surface area contributed by atoms with Crippen LogP contribution in [0.1, 0.15) is 265 Å². The van der Waals surface area contributed by atoms with Gasteiger partial charge in [0.2, 0.25) is 0 Å². The maximum absolute atomic E-state index is 12.8. The fourth-order valence-electron chi connectivity index (χ4n) is 7.74.